The number of hydrogen-bond acceptors (Lipinski definition) is 3. The topological polar surface area (TPSA) is 82.2 Å². The van der Waals surface area contributed by atoms with Crippen LogP contribution in [0.25, 0.3) is 33.2 Å². The normalized spacial score (nSPS) is 11.8. The van der Waals surface area contributed by atoms with Gasteiger partial charge in [0.15, 0.2) is 0 Å². The minimum absolute atomic E-state index is 0.148. The predicted molar refractivity (Wildman–Crippen MR) is 169 cm³/mol. The molecule has 44 heavy (non-hydrogen) atoms. The molecule has 0 fully saturated rings. The minimum atomic E-state index is -1.03. The van der Waals surface area contributed by atoms with Crippen molar-refractivity contribution in [1.29, 1.82) is 0 Å². The molecule has 6 rings (SSSR count). The fourth-order valence-corrected chi connectivity index (χ4v) is 6.09. The van der Waals surface area contributed by atoms with Gasteiger partial charge in [-0.15, -0.1) is 0 Å². The first-order chi connectivity index (χ1) is 21.2. The van der Waals surface area contributed by atoms with Crippen LogP contribution in [0.4, 0.5) is 8.78 Å². The Hall–Kier alpha value is -5.21. The number of aromatic carboxylic acids is 1. The summed E-state index contributed by atoms with van der Waals surface area (Å²) in [4.78, 5) is 30.1. The number of amides is 1. The average molecular weight is 605 g/mol. The first-order valence-electron chi connectivity index (χ1n) is 13.8. The van der Waals surface area contributed by atoms with E-state index in [1.54, 1.807) is 31.2 Å². The van der Waals surface area contributed by atoms with Gasteiger partial charge in [0.25, 0.3) is 5.91 Å². The number of H-pyrrole nitrogens is 1. The number of hydrogen-bond donors (Lipinski definition) is 3. The Morgan fingerprint density at radius 3 is 2.07 bits per heavy atom. The average Bonchev–Trinajstić information content (AvgIpc) is 3.43. The van der Waals surface area contributed by atoms with E-state index in [1.807, 2.05) is 48.7 Å². The van der Waals surface area contributed by atoms with Gasteiger partial charge in [0.2, 0.25) is 0 Å². The van der Waals surface area contributed by atoms with E-state index in [9.17, 15) is 23.5 Å². The third-order valence-corrected chi connectivity index (χ3v) is 8.43. The molecule has 0 aliphatic carbocycles. The van der Waals surface area contributed by atoms with E-state index in [1.165, 1.54) is 36.0 Å². The Morgan fingerprint density at radius 1 is 0.773 bits per heavy atom. The maximum Gasteiger partial charge on any atom is 0.335 e. The lowest BCUT2D eigenvalue weighted by atomic mass is 9.99. The maximum atomic E-state index is 14.1. The number of rotatable bonds is 8. The molecule has 5 aromatic carbocycles. The molecule has 1 heterocycles. The number of benzene rings is 5. The number of nitrogens with one attached hydrogen (secondary N) is 2. The number of carbonyl (C=O) groups is 2. The van der Waals surface area contributed by atoms with Crippen LogP contribution in [-0.2, 0) is 0 Å². The van der Waals surface area contributed by atoms with Crippen molar-refractivity contribution in [1.82, 2.24) is 10.3 Å². The minimum Gasteiger partial charge on any atom is -0.478 e. The first-order valence-corrected chi connectivity index (χ1v) is 14.7. The number of fused-ring (bicyclic) bond motifs is 1. The van der Waals surface area contributed by atoms with Crippen molar-refractivity contribution < 1.29 is 23.5 Å². The van der Waals surface area contributed by atoms with Crippen molar-refractivity contribution in [2.75, 3.05) is 0 Å². The molecule has 0 aliphatic rings. The van der Waals surface area contributed by atoms with Gasteiger partial charge in [-0.25, -0.2) is 13.6 Å². The second kappa shape index (κ2) is 12.2. The Labute approximate surface area is 256 Å². The Kier molecular flexibility index (Phi) is 8.00. The third kappa shape index (κ3) is 6.11. The van der Waals surface area contributed by atoms with Crippen LogP contribution in [0.15, 0.2) is 125 Å². The second-order valence-electron chi connectivity index (χ2n) is 10.4. The van der Waals surface area contributed by atoms with E-state index in [4.69, 9.17) is 0 Å². The number of carboxylic acid groups (broad SMARTS) is 1. The van der Waals surface area contributed by atoms with Crippen molar-refractivity contribution in [3.8, 4) is 22.3 Å². The van der Waals surface area contributed by atoms with Gasteiger partial charge in [-0.2, -0.15) is 0 Å². The molecule has 6 aromatic rings. The van der Waals surface area contributed by atoms with Gasteiger partial charge in [-0.1, -0.05) is 66.4 Å². The van der Waals surface area contributed by atoms with Crippen LogP contribution in [0.5, 0.6) is 0 Å². The van der Waals surface area contributed by atoms with Crippen molar-refractivity contribution in [3.05, 3.63) is 144 Å². The molecule has 0 aliphatic heterocycles. The van der Waals surface area contributed by atoms with Gasteiger partial charge in [0.05, 0.1) is 17.2 Å². The van der Waals surface area contributed by atoms with Crippen LogP contribution in [0.1, 0.15) is 39.2 Å². The number of aromatic amines is 1. The van der Waals surface area contributed by atoms with Crippen LogP contribution in [0.2, 0.25) is 0 Å². The van der Waals surface area contributed by atoms with Crippen molar-refractivity contribution in [3.63, 3.8) is 0 Å². The zero-order valence-electron chi connectivity index (χ0n) is 23.5. The molecule has 1 amide bonds. The molecule has 8 heteroatoms. The Balaban J connectivity index is 1.37. The highest BCUT2D eigenvalue weighted by molar-refractivity contribution is 7.99. The molecule has 218 valence electrons. The maximum absolute atomic E-state index is 14.1. The van der Waals surface area contributed by atoms with Gasteiger partial charge in [-0.3, -0.25) is 4.79 Å². The van der Waals surface area contributed by atoms with E-state index >= 15 is 0 Å². The van der Waals surface area contributed by atoms with E-state index < -0.39 is 23.6 Å². The number of carbonyl (C=O) groups excluding carboxylic acids is 1. The summed E-state index contributed by atoms with van der Waals surface area (Å²) < 4.78 is 28.3. The number of aromatic nitrogens is 1. The summed E-state index contributed by atoms with van der Waals surface area (Å²) in [5.74, 6) is -2.85. The van der Waals surface area contributed by atoms with Crippen molar-refractivity contribution in [2.45, 2.75) is 22.8 Å². The highest BCUT2D eigenvalue weighted by atomic mass is 32.2. The summed E-state index contributed by atoms with van der Waals surface area (Å²) in [7, 11) is 0. The summed E-state index contributed by atoms with van der Waals surface area (Å²) in [6, 6.07) is 30.7. The smallest absolute Gasteiger partial charge is 0.335 e. The molecule has 0 unspecified atom stereocenters. The van der Waals surface area contributed by atoms with Crippen molar-refractivity contribution >= 4 is 34.5 Å². The lowest BCUT2D eigenvalue weighted by Crippen LogP contribution is -2.27. The monoisotopic (exact) mass is 604 g/mol. The van der Waals surface area contributed by atoms with Crippen LogP contribution in [0.3, 0.4) is 0 Å². The van der Waals surface area contributed by atoms with E-state index in [-0.39, 0.29) is 11.5 Å². The highest BCUT2D eigenvalue weighted by Crippen LogP contribution is 2.39. The van der Waals surface area contributed by atoms with Gasteiger partial charge in [0, 0.05) is 33.0 Å². The van der Waals surface area contributed by atoms with Crippen LogP contribution < -0.4 is 5.32 Å². The standard InChI is InChI=1S/C36H26F2N2O3S/c1-21(22-7-9-25(10-8-22)36(42)43)40-35(41)31-17-27(26-15-28(37)19-29(38)16-26)18-32-34(31)33(20-39-32)44-30-13-11-24(12-14-30)23-5-3-2-4-6-23/h2-21,39H,1H3,(H,40,41)(H,42,43)/t21-/m0/s1. The van der Waals surface area contributed by atoms with Gasteiger partial charge >= 0.3 is 5.97 Å². The second-order valence-corrected chi connectivity index (χ2v) is 11.5. The molecule has 0 saturated carbocycles. The third-order valence-electron chi connectivity index (χ3n) is 7.38. The van der Waals surface area contributed by atoms with Gasteiger partial charge in [-0.05, 0) is 83.3 Å². The Morgan fingerprint density at radius 2 is 1.41 bits per heavy atom. The molecule has 5 nitrogen and oxygen atoms in total. The van der Waals surface area contributed by atoms with Gasteiger partial charge in [0.1, 0.15) is 11.6 Å². The van der Waals surface area contributed by atoms with Crippen LogP contribution in [-0.4, -0.2) is 22.0 Å². The van der Waals surface area contributed by atoms with Crippen molar-refractivity contribution in [2.24, 2.45) is 0 Å². The fraction of sp³-hybridized carbons (Fsp3) is 0.0556. The summed E-state index contributed by atoms with van der Waals surface area (Å²) in [5.41, 5.74) is 4.83. The summed E-state index contributed by atoms with van der Waals surface area (Å²) >= 11 is 1.50. The number of halogens is 2. The van der Waals surface area contributed by atoms with Crippen LogP contribution in [0, 0.1) is 11.6 Å². The summed E-state index contributed by atoms with van der Waals surface area (Å²) in [5, 5.41) is 12.9. The summed E-state index contributed by atoms with van der Waals surface area (Å²) in [6.45, 7) is 1.80. The molecule has 0 radical (unpaired) electrons. The first kappa shape index (κ1) is 28.9. The van der Waals surface area contributed by atoms with E-state index in [0.29, 0.717) is 27.6 Å². The predicted octanol–water partition coefficient (Wildman–Crippen LogP) is 9.12. The Bertz CT molecular complexity index is 1970. The molecule has 0 bridgehead atoms. The number of carboxylic acids is 1. The zero-order valence-corrected chi connectivity index (χ0v) is 24.3. The van der Waals surface area contributed by atoms with E-state index in [2.05, 4.69) is 22.4 Å². The lowest BCUT2D eigenvalue weighted by molar-refractivity contribution is 0.0696. The SMILES string of the molecule is C[C@H](NC(=O)c1cc(-c2cc(F)cc(F)c2)cc2[nH]cc(Sc3ccc(-c4ccccc4)cc3)c12)c1ccc(C(=O)O)cc1. The zero-order chi connectivity index (χ0) is 30.8. The highest BCUT2D eigenvalue weighted by Gasteiger charge is 2.20. The molecule has 1 atom stereocenters. The molecule has 0 saturated heterocycles. The molecular formula is C36H26F2N2O3S. The molecule has 3 N–H and O–H groups in total. The molecule has 1 aromatic heterocycles. The van der Waals surface area contributed by atoms with E-state index in [0.717, 1.165) is 32.5 Å². The summed E-state index contributed by atoms with van der Waals surface area (Å²) in [6.07, 6.45) is 1.82. The largest absolute Gasteiger partial charge is 0.478 e. The fourth-order valence-electron chi connectivity index (χ4n) is 5.13. The van der Waals surface area contributed by atoms with Crippen LogP contribution >= 0.6 is 11.8 Å². The molecular weight excluding hydrogens is 578 g/mol. The lowest BCUT2D eigenvalue weighted by Gasteiger charge is -2.16. The quantitative estimate of drug-likeness (QED) is 0.162. The molecule has 0 spiro atoms. The van der Waals surface area contributed by atoms with Gasteiger partial charge < -0.3 is 15.4 Å².